The molecule has 0 aliphatic rings. The number of rotatable bonds is 0. The second-order valence-electron chi connectivity index (χ2n) is 0. The third-order valence-corrected chi connectivity index (χ3v) is 0. The van der Waals surface area contributed by atoms with Crippen LogP contribution in [0.1, 0.15) is 0 Å². The van der Waals surface area contributed by atoms with E-state index in [-0.39, 0.29) is 89.9 Å². The van der Waals surface area contributed by atoms with E-state index in [9.17, 15) is 0 Å². The molecule has 0 spiro atoms. The van der Waals surface area contributed by atoms with Crippen LogP contribution in [0.25, 0.3) is 0 Å². The molecule has 0 bridgehead atoms. The minimum Gasteiger partial charge on any atom is 0 e. The zero-order valence-electron chi connectivity index (χ0n) is 0.333. The first kappa shape index (κ1) is 46.1. The SMILES string of the molecule is [GeH4].[GeH4].[GeH4].[GeH4].[Rh]. The average molecular weight is 409 g/mol. The number of hydrogen-bond donors (Lipinski definition) is 0. The van der Waals surface area contributed by atoms with Crippen molar-refractivity contribution >= 4 is 70.4 Å². The van der Waals surface area contributed by atoms with Crippen molar-refractivity contribution in [2.24, 2.45) is 0 Å². The molecule has 0 nitrogen and oxygen atoms in total. The van der Waals surface area contributed by atoms with Gasteiger partial charge in [-0.25, -0.2) is 0 Å². The summed E-state index contributed by atoms with van der Waals surface area (Å²) in [5.41, 5.74) is 0. The Hall–Kier alpha value is 2.79. The predicted octanol–water partition coefficient (Wildman–Crippen LogP) is -5.81. The molecule has 0 aromatic carbocycles. The molecule has 0 aliphatic heterocycles. The molecular formula is H16Ge4Rh. The van der Waals surface area contributed by atoms with Gasteiger partial charge in [-0.3, -0.25) is 0 Å². The predicted molar refractivity (Wildman–Crippen MR) is 45.3 cm³/mol. The molecule has 0 aromatic rings. The van der Waals surface area contributed by atoms with Crippen molar-refractivity contribution in [3.05, 3.63) is 0 Å². The van der Waals surface area contributed by atoms with Crippen molar-refractivity contribution in [1.29, 1.82) is 0 Å². The Balaban J connectivity index is 0. The Morgan fingerprint density at radius 2 is 0.400 bits per heavy atom. The van der Waals surface area contributed by atoms with Gasteiger partial charge >= 0.3 is 70.4 Å². The van der Waals surface area contributed by atoms with Crippen LogP contribution in [0, 0.1) is 0 Å². The van der Waals surface area contributed by atoms with Gasteiger partial charge < -0.3 is 0 Å². The monoisotopic (exact) mass is 415 g/mol. The van der Waals surface area contributed by atoms with Crippen LogP contribution >= 0.6 is 0 Å². The smallest absolute Gasteiger partial charge is 0 e. The quantitative estimate of drug-likeness (QED) is 0.350. The molecule has 41 valence electrons. The van der Waals surface area contributed by atoms with E-state index < -0.39 is 0 Å². The standard InChI is InChI=1S/4GeH4.Rh/h4*1H4;. The van der Waals surface area contributed by atoms with E-state index in [2.05, 4.69) is 0 Å². The zero-order chi connectivity index (χ0) is 0. The Labute approximate surface area is 88.6 Å². The van der Waals surface area contributed by atoms with E-state index in [0.29, 0.717) is 0 Å². The second kappa shape index (κ2) is 29.2. The van der Waals surface area contributed by atoms with Gasteiger partial charge in [0.05, 0.1) is 0 Å². The van der Waals surface area contributed by atoms with Gasteiger partial charge in [0.1, 0.15) is 0 Å². The first-order valence-electron chi connectivity index (χ1n) is 0. The Bertz CT molecular complexity index is 3.61. The molecule has 1 radical (unpaired) electrons. The third kappa shape index (κ3) is 20.0. The molecule has 0 atom stereocenters. The maximum Gasteiger partial charge on any atom is 0 e. The fourth-order valence-electron chi connectivity index (χ4n) is 0. The number of hydrogen-bond acceptors (Lipinski definition) is 0. The van der Waals surface area contributed by atoms with E-state index in [1.165, 1.54) is 0 Å². The molecule has 5 heteroatoms. The van der Waals surface area contributed by atoms with Crippen LogP contribution in [0.3, 0.4) is 0 Å². The molecule has 0 aliphatic carbocycles. The van der Waals surface area contributed by atoms with Gasteiger partial charge in [0.2, 0.25) is 0 Å². The maximum absolute atomic E-state index is 0. The van der Waals surface area contributed by atoms with Crippen LogP contribution < -0.4 is 0 Å². The van der Waals surface area contributed by atoms with Gasteiger partial charge in [-0.05, 0) is 0 Å². The maximum atomic E-state index is 0. The molecule has 5 heavy (non-hydrogen) atoms. The molecule has 0 saturated carbocycles. The first-order valence-corrected chi connectivity index (χ1v) is 0. The van der Waals surface area contributed by atoms with E-state index in [1.807, 2.05) is 0 Å². The molecule has 0 unspecified atom stereocenters. The molecule has 0 rings (SSSR count). The molecular weight excluding hydrogens is 393 g/mol. The Morgan fingerprint density at radius 1 is 0.400 bits per heavy atom. The van der Waals surface area contributed by atoms with Gasteiger partial charge in [0.15, 0.2) is 0 Å². The molecule has 0 saturated heterocycles. The van der Waals surface area contributed by atoms with Gasteiger partial charge in [-0.15, -0.1) is 0 Å². The van der Waals surface area contributed by atoms with Crippen molar-refractivity contribution in [1.82, 2.24) is 0 Å². The normalized spacial score (nSPS) is 0. The minimum atomic E-state index is 0. The van der Waals surface area contributed by atoms with Gasteiger partial charge in [-0.1, -0.05) is 0 Å². The molecule has 0 fully saturated rings. The fraction of sp³-hybridized carbons (Fsp3) is 0. The van der Waals surface area contributed by atoms with Crippen molar-refractivity contribution in [2.75, 3.05) is 0 Å². The summed E-state index contributed by atoms with van der Waals surface area (Å²) < 4.78 is 0. The Morgan fingerprint density at radius 3 is 0.400 bits per heavy atom. The van der Waals surface area contributed by atoms with E-state index in [4.69, 9.17) is 0 Å². The van der Waals surface area contributed by atoms with Crippen molar-refractivity contribution in [3.63, 3.8) is 0 Å². The molecule has 0 aromatic heterocycles. The Kier molecular flexibility index (Phi) is 269. The third-order valence-electron chi connectivity index (χ3n) is 0. The summed E-state index contributed by atoms with van der Waals surface area (Å²) in [4.78, 5) is 0. The van der Waals surface area contributed by atoms with Crippen LogP contribution in [0.15, 0.2) is 0 Å². The first-order chi connectivity index (χ1) is 0. The van der Waals surface area contributed by atoms with Crippen molar-refractivity contribution in [3.8, 4) is 0 Å². The van der Waals surface area contributed by atoms with Crippen LogP contribution in [0.4, 0.5) is 0 Å². The van der Waals surface area contributed by atoms with Crippen LogP contribution in [-0.4, -0.2) is 70.4 Å². The topological polar surface area (TPSA) is 0 Å². The van der Waals surface area contributed by atoms with Gasteiger partial charge in [0, 0.05) is 19.5 Å². The molecule has 0 amide bonds. The van der Waals surface area contributed by atoms with Crippen LogP contribution in [0.2, 0.25) is 0 Å². The largest absolute Gasteiger partial charge is 0 e. The summed E-state index contributed by atoms with van der Waals surface area (Å²) in [6.07, 6.45) is 0. The van der Waals surface area contributed by atoms with E-state index >= 15 is 0 Å². The van der Waals surface area contributed by atoms with Crippen molar-refractivity contribution < 1.29 is 19.5 Å². The van der Waals surface area contributed by atoms with Crippen molar-refractivity contribution in [2.45, 2.75) is 0 Å². The average Bonchev–Trinajstić information content (AvgIpc) is 0. The van der Waals surface area contributed by atoms with E-state index in [1.54, 1.807) is 0 Å². The van der Waals surface area contributed by atoms with Crippen LogP contribution in [-0.2, 0) is 19.5 Å². The zero-order valence-corrected chi connectivity index (χ0v) is 1.97. The minimum absolute atomic E-state index is 0. The summed E-state index contributed by atoms with van der Waals surface area (Å²) in [5, 5.41) is 0. The van der Waals surface area contributed by atoms with Gasteiger partial charge in [-0.2, -0.15) is 0 Å². The molecule has 0 N–H and O–H groups in total. The second-order valence-corrected chi connectivity index (χ2v) is 0. The van der Waals surface area contributed by atoms with Crippen LogP contribution in [0.5, 0.6) is 0 Å². The fourth-order valence-corrected chi connectivity index (χ4v) is 0. The summed E-state index contributed by atoms with van der Waals surface area (Å²) in [6.45, 7) is 0. The summed E-state index contributed by atoms with van der Waals surface area (Å²) in [7, 11) is 0. The summed E-state index contributed by atoms with van der Waals surface area (Å²) >= 11 is 0. The summed E-state index contributed by atoms with van der Waals surface area (Å²) in [5.74, 6) is 0. The van der Waals surface area contributed by atoms with E-state index in [0.717, 1.165) is 0 Å². The van der Waals surface area contributed by atoms with Gasteiger partial charge in [0.25, 0.3) is 0 Å². The molecule has 0 heterocycles. The summed E-state index contributed by atoms with van der Waals surface area (Å²) in [6, 6.07) is 0.